The lowest BCUT2D eigenvalue weighted by Crippen LogP contribution is -1.81. The SMILES string of the molecule is c1ccc(-c2n[nH]c(-c3cn[nH]n3)n2)cc1. The summed E-state index contributed by atoms with van der Waals surface area (Å²) in [4.78, 5) is 4.33. The summed E-state index contributed by atoms with van der Waals surface area (Å²) in [6, 6.07) is 9.75. The number of H-pyrrole nitrogens is 2. The zero-order chi connectivity index (χ0) is 10.8. The smallest absolute Gasteiger partial charge is 0.181 e. The van der Waals surface area contributed by atoms with E-state index in [2.05, 4.69) is 30.6 Å². The highest BCUT2D eigenvalue weighted by Crippen LogP contribution is 2.16. The summed E-state index contributed by atoms with van der Waals surface area (Å²) in [6.45, 7) is 0. The molecule has 0 bridgehead atoms. The van der Waals surface area contributed by atoms with Crippen LogP contribution in [-0.4, -0.2) is 30.6 Å². The van der Waals surface area contributed by atoms with Gasteiger partial charge in [0.1, 0.15) is 5.69 Å². The quantitative estimate of drug-likeness (QED) is 0.669. The summed E-state index contributed by atoms with van der Waals surface area (Å²) < 4.78 is 0. The third-order valence-electron chi connectivity index (χ3n) is 2.18. The summed E-state index contributed by atoms with van der Waals surface area (Å²) in [5.74, 6) is 1.26. The number of aromatic nitrogens is 6. The van der Waals surface area contributed by atoms with Gasteiger partial charge in [0.25, 0.3) is 0 Å². The molecule has 0 fully saturated rings. The Hall–Kier alpha value is -2.50. The second-order valence-corrected chi connectivity index (χ2v) is 3.23. The third-order valence-corrected chi connectivity index (χ3v) is 2.18. The lowest BCUT2D eigenvalue weighted by atomic mass is 10.2. The fraction of sp³-hybridized carbons (Fsp3) is 0. The molecule has 3 aromatic rings. The lowest BCUT2D eigenvalue weighted by Gasteiger charge is -1.91. The first-order valence-electron chi connectivity index (χ1n) is 4.77. The first kappa shape index (κ1) is 8.78. The van der Waals surface area contributed by atoms with E-state index in [1.54, 1.807) is 6.20 Å². The Kier molecular flexibility index (Phi) is 1.96. The van der Waals surface area contributed by atoms with E-state index >= 15 is 0 Å². The van der Waals surface area contributed by atoms with Gasteiger partial charge in [-0.1, -0.05) is 30.3 Å². The van der Waals surface area contributed by atoms with Crippen LogP contribution in [0, 0.1) is 0 Å². The van der Waals surface area contributed by atoms with E-state index in [1.165, 1.54) is 0 Å². The molecule has 2 heterocycles. The van der Waals surface area contributed by atoms with Gasteiger partial charge in [0.2, 0.25) is 0 Å². The van der Waals surface area contributed by atoms with Crippen molar-refractivity contribution < 1.29 is 0 Å². The topological polar surface area (TPSA) is 83.1 Å². The van der Waals surface area contributed by atoms with Crippen LogP contribution in [0.3, 0.4) is 0 Å². The first-order chi connectivity index (χ1) is 7.93. The molecule has 0 saturated heterocycles. The zero-order valence-corrected chi connectivity index (χ0v) is 8.25. The molecular weight excluding hydrogens is 204 g/mol. The minimum absolute atomic E-state index is 0.604. The van der Waals surface area contributed by atoms with E-state index in [0.717, 1.165) is 5.56 Å². The number of aromatic amines is 2. The first-order valence-corrected chi connectivity index (χ1v) is 4.77. The molecule has 6 nitrogen and oxygen atoms in total. The standard InChI is InChI=1S/C10H8N6/c1-2-4-7(5-3-1)9-12-10(15-14-9)8-6-11-16-13-8/h1-6H,(H,11,13,16)(H,12,14,15). The maximum atomic E-state index is 4.33. The van der Waals surface area contributed by atoms with Crippen molar-refractivity contribution in [2.45, 2.75) is 0 Å². The zero-order valence-electron chi connectivity index (χ0n) is 8.25. The van der Waals surface area contributed by atoms with Gasteiger partial charge in [-0.25, -0.2) is 4.98 Å². The molecule has 1 aromatic carbocycles. The molecule has 0 amide bonds. The van der Waals surface area contributed by atoms with E-state index < -0.39 is 0 Å². The van der Waals surface area contributed by atoms with Crippen LogP contribution >= 0.6 is 0 Å². The fourth-order valence-corrected chi connectivity index (χ4v) is 1.41. The van der Waals surface area contributed by atoms with Crippen molar-refractivity contribution in [2.24, 2.45) is 0 Å². The molecular formula is C10H8N6. The Labute approximate surface area is 90.7 Å². The van der Waals surface area contributed by atoms with Crippen molar-refractivity contribution in [2.75, 3.05) is 0 Å². The van der Waals surface area contributed by atoms with E-state index in [0.29, 0.717) is 17.3 Å². The number of nitrogens with one attached hydrogen (secondary N) is 2. The second-order valence-electron chi connectivity index (χ2n) is 3.23. The molecule has 0 atom stereocenters. The fourth-order valence-electron chi connectivity index (χ4n) is 1.41. The van der Waals surface area contributed by atoms with Crippen LogP contribution in [0.5, 0.6) is 0 Å². The van der Waals surface area contributed by atoms with Crippen molar-refractivity contribution in [1.82, 2.24) is 30.6 Å². The molecule has 0 unspecified atom stereocenters. The van der Waals surface area contributed by atoms with Gasteiger partial charge >= 0.3 is 0 Å². The summed E-state index contributed by atoms with van der Waals surface area (Å²) >= 11 is 0. The number of hydrogen-bond acceptors (Lipinski definition) is 4. The van der Waals surface area contributed by atoms with Crippen LogP contribution in [0.25, 0.3) is 22.9 Å². The predicted octanol–water partition coefficient (Wildman–Crippen LogP) is 1.26. The molecule has 78 valence electrons. The maximum absolute atomic E-state index is 4.33. The van der Waals surface area contributed by atoms with Crippen molar-refractivity contribution in [3.05, 3.63) is 36.5 Å². The highest BCUT2D eigenvalue weighted by molar-refractivity contribution is 5.58. The van der Waals surface area contributed by atoms with Crippen LogP contribution in [0.1, 0.15) is 0 Å². The number of benzene rings is 1. The van der Waals surface area contributed by atoms with Gasteiger partial charge in [0.05, 0.1) is 6.20 Å². The molecule has 2 N–H and O–H groups in total. The maximum Gasteiger partial charge on any atom is 0.181 e. The molecule has 0 aliphatic carbocycles. The molecule has 6 heteroatoms. The van der Waals surface area contributed by atoms with Crippen molar-refractivity contribution in [3.63, 3.8) is 0 Å². The van der Waals surface area contributed by atoms with Crippen LogP contribution in [0.4, 0.5) is 0 Å². The van der Waals surface area contributed by atoms with Gasteiger partial charge in [-0.2, -0.15) is 20.5 Å². The summed E-state index contributed by atoms with van der Waals surface area (Å²) in [5, 5.41) is 17.1. The molecule has 0 radical (unpaired) electrons. The van der Waals surface area contributed by atoms with Crippen molar-refractivity contribution in [3.8, 4) is 22.9 Å². The molecule has 0 saturated carbocycles. The number of hydrogen-bond donors (Lipinski definition) is 2. The van der Waals surface area contributed by atoms with Gasteiger partial charge in [0, 0.05) is 5.56 Å². The predicted molar refractivity (Wildman–Crippen MR) is 57.2 cm³/mol. The van der Waals surface area contributed by atoms with Crippen LogP contribution in [0.2, 0.25) is 0 Å². The Morgan fingerprint density at radius 2 is 1.88 bits per heavy atom. The van der Waals surface area contributed by atoms with Gasteiger partial charge in [-0.05, 0) is 0 Å². The van der Waals surface area contributed by atoms with E-state index in [4.69, 9.17) is 0 Å². The summed E-state index contributed by atoms with van der Waals surface area (Å²) in [5.41, 5.74) is 1.61. The average Bonchev–Trinajstić information content (AvgIpc) is 3.01. The van der Waals surface area contributed by atoms with Crippen LogP contribution < -0.4 is 0 Å². The van der Waals surface area contributed by atoms with Gasteiger partial charge in [-0.15, -0.1) is 0 Å². The highest BCUT2D eigenvalue weighted by Gasteiger charge is 2.08. The van der Waals surface area contributed by atoms with Gasteiger partial charge in [-0.3, -0.25) is 5.10 Å². The Morgan fingerprint density at radius 1 is 1.00 bits per heavy atom. The van der Waals surface area contributed by atoms with Crippen molar-refractivity contribution >= 4 is 0 Å². The minimum Gasteiger partial charge on any atom is -0.257 e. The average molecular weight is 212 g/mol. The molecule has 0 aliphatic rings. The Bertz CT molecular complexity index is 568. The molecule has 0 aliphatic heterocycles. The molecule has 16 heavy (non-hydrogen) atoms. The third kappa shape index (κ3) is 1.46. The number of nitrogens with zero attached hydrogens (tertiary/aromatic N) is 4. The largest absolute Gasteiger partial charge is 0.257 e. The van der Waals surface area contributed by atoms with Gasteiger partial charge in [0.15, 0.2) is 11.6 Å². The van der Waals surface area contributed by atoms with Crippen LogP contribution in [0.15, 0.2) is 36.5 Å². The Balaban J connectivity index is 2.00. The van der Waals surface area contributed by atoms with E-state index in [9.17, 15) is 0 Å². The Morgan fingerprint density at radius 3 is 2.62 bits per heavy atom. The summed E-state index contributed by atoms with van der Waals surface area (Å²) in [7, 11) is 0. The molecule has 0 spiro atoms. The monoisotopic (exact) mass is 212 g/mol. The van der Waals surface area contributed by atoms with Gasteiger partial charge < -0.3 is 0 Å². The number of rotatable bonds is 2. The van der Waals surface area contributed by atoms with Crippen molar-refractivity contribution in [1.29, 1.82) is 0 Å². The van der Waals surface area contributed by atoms with Crippen LogP contribution in [-0.2, 0) is 0 Å². The lowest BCUT2D eigenvalue weighted by molar-refractivity contribution is 0.938. The highest BCUT2D eigenvalue weighted by atomic mass is 15.3. The normalized spacial score (nSPS) is 10.5. The summed E-state index contributed by atoms with van der Waals surface area (Å²) in [6.07, 6.45) is 1.59. The molecule has 3 rings (SSSR count). The second kappa shape index (κ2) is 3.58. The van der Waals surface area contributed by atoms with E-state index in [-0.39, 0.29) is 0 Å². The van der Waals surface area contributed by atoms with E-state index in [1.807, 2.05) is 30.3 Å². The molecule has 2 aromatic heterocycles. The minimum atomic E-state index is 0.604.